The molecule has 0 aliphatic carbocycles. The molecule has 2 heterocycles. The van der Waals surface area contributed by atoms with Gasteiger partial charge in [0.15, 0.2) is 5.82 Å². The molecule has 0 N–H and O–H groups in total. The number of aryl methyl sites for hydroxylation is 1. The molecule has 1 aromatic heterocycles. The fraction of sp³-hybridized carbons (Fsp3) is 0.556. The van der Waals surface area contributed by atoms with E-state index in [0.29, 0.717) is 43.6 Å². The van der Waals surface area contributed by atoms with Crippen LogP contribution in [0.25, 0.3) is 0 Å². The quantitative estimate of drug-likeness (QED) is 0.492. The Morgan fingerprint density at radius 1 is 1.34 bits per heavy atom. The summed E-state index contributed by atoms with van der Waals surface area (Å²) in [7, 11) is -3.78. The topological polar surface area (TPSA) is 123 Å². The van der Waals surface area contributed by atoms with Crippen molar-refractivity contribution >= 4 is 21.4 Å². The second kappa shape index (κ2) is 8.46. The van der Waals surface area contributed by atoms with Gasteiger partial charge in [0.05, 0.1) is 15.7 Å². The first-order valence-corrected chi connectivity index (χ1v) is 11.1. The number of nitro benzene ring substituents is 1. The molecular formula is C18H25N5O5S. The number of nitro groups is 1. The molecule has 0 saturated carbocycles. The normalized spacial score (nSPS) is 17.7. The molecule has 1 saturated heterocycles. The van der Waals surface area contributed by atoms with Crippen molar-refractivity contribution in [3.63, 3.8) is 0 Å². The zero-order valence-electron chi connectivity index (χ0n) is 16.7. The van der Waals surface area contributed by atoms with Crippen molar-refractivity contribution in [2.75, 3.05) is 31.1 Å². The molecule has 1 unspecified atom stereocenters. The van der Waals surface area contributed by atoms with Crippen LogP contribution < -0.4 is 4.90 Å². The SMILES string of the molecule is CCN(CC)S(=O)(=O)c1ccc(N2CCCC(c3nc(C)no3)C2)c([N+](=O)[O-])c1. The van der Waals surface area contributed by atoms with Crippen LogP contribution in [0.15, 0.2) is 27.6 Å². The maximum absolute atomic E-state index is 12.8. The highest BCUT2D eigenvalue weighted by Gasteiger charge is 2.31. The Balaban J connectivity index is 1.94. The summed E-state index contributed by atoms with van der Waals surface area (Å²) in [5.74, 6) is 1.05. The molecule has 0 bridgehead atoms. The average molecular weight is 423 g/mol. The van der Waals surface area contributed by atoms with Crippen LogP contribution >= 0.6 is 0 Å². The molecule has 1 atom stereocenters. The molecule has 3 rings (SSSR count). The molecule has 1 aliphatic heterocycles. The third kappa shape index (κ3) is 4.25. The number of rotatable bonds is 7. The van der Waals surface area contributed by atoms with E-state index in [1.165, 1.54) is 16.4 Å². The highest BCUT2D eigenvalue weighted by atomic mass is 32.2. The van der Waals surface area contributed by atoms with E-state index in [-0.39, 0.29) is 16.5 Å². The number of benzene rings is 1. The number of aromatic nitrogens is 2. The molecule has 0 radical (unpaired) electrons. The summed E-state index contributed by atoms with van der Waals surface area (Å²) < 4.78 is 32.1. The van der Waals surface area contributed by atoms with Crippen LogP contribution in [-0.2, 0) is 10.0 Å². The molecule has 158 valence electrons. The van der Waals surface area contributed by atoms with Gasteiger partial charge in [-0.05, 0) is 31.9 Å². The lowest BCUT2D eigenvalue weighted by Crippen LogP contribution is -2.35. The summed E-state index contributed by atoms with van der Waals surface area (Å²) >= 11 is 0. The zero-order chi connectivity index (χ0) is 21.2. The maximum Gasteiger partial charge on any atom is 0.293 e. The van der Waals surface area contributed by atoms with Gasteiger partial charge in [0, 0.05) is 32.2 Å². The second-order valence-electron chi connectivity index (χ2n) is 6.96. The van der Waals surface area contributed by atoms with Crippen LogP contribution in [-0.4, -0.2) is 54.0 Å². The number of piperidine rings is 1. The molecule has 2 aromatic rings. The number of hydrogen-bond donors (Lipinski definition) is 0. The van der Waals surface area contributed by atoms with Crippen molar-refractivity contribution < 1.29 is 17.9 Å². The lowest BCUT2D eigenvalue weighted by Gasteiger charge is -2.32. The Morgan fingerprint density at radius 2 is 2.07 bits per heavy atom. The minimum atomic E-state index is -3.78. The van der Waals surface area contributed by atoms with Crippen molar-refractivity contribution in [3.8, 4) is 0 Å². The lowest BCUT2D eigenvalue weighted by atomic mass is 9.97. The molecule has 1 fully saturated rings. The maximum atomic E-state index is 12.8. The molecule has 1 aliphatic rings. The largest absolute Gasteiger partial charge is 0.365 e. The van der Waals surface area contributed by atoms with E-state index < -0.39 is 14.9 Å². The first-order valence-electron chi connectivity index (χ1n) is 9.61. The van der Waals surface area contributed by atoms with Gasteiger partial charge in [0.2, 0.25) is 15.9 Å². The number of anilines is 1. The predicted molar refractivity (Wildman–Crippen MR) is 106 cm³/mol. The first kappa shape index (κ1) is 21.2. The minimum absolute atomic E-state index is 0.0244. The zero-order valence-corrected chi connectivity index (χ0v) is 17.6. The van der Waals surface area contributed by atoms with E-state index in [0.717, 1.165) is 18.9 Å². The molecule has 0 amide bonds. The fourth-order valence-electron chi connectivity index (χ4n) is 3.67. The van der Waals surface area contributed by atoms with E-state index in [1.54, 1.807) is 20.8 Å². The number of sulfonamides is 1. The predicted octanol–water partition coefficient (Wildman–Crippen LogP) is 2.70. The van der Waals surface area contributed by atoms with Crippen molar-refractivity contribution in [2.24, 2.45) is 0 Å². The molecular weight excluding hydrogens is 398 g/mol. The van der Waals surface area contributed by atoms with Gasteiger partial charge < -0.3 is 9.42 Å². The van der Waals surface area contributed by atoms with Gasteiger partial charge in [0.25, 0.3) is 5.69 Å². The van der Waals surface area contributed by atoms with Gasteiger partial charge >= 0.3 is 0 Å². The monoisotopic (exact) mass is 423 g/mol. The Morgan fingerprint density at radius 3 is 2.66 bits per heavy atom. The van der Waals surface area contributed by atoms with Crippen molar-refractivity contribution in [1.82, 2.24) is 14.4 Å². The van der Waals surface area contributed by atoms with Gasteiger partial charge in [-0.25, -0.2) is 8.42 Å². The Hall–Kier alpha value is -2.53. The number of hydrogen-bond acceptors (Lipinski definition) is 8. The van der Waals surface area contributed by atoms with E-state index in [9.17, 15) is 18.5 Å². The van der Waals surface area contributed by atoms with Gasteiger partial charge in [-0.1, -0.05) is 19.0 Å². The fourth-order valence-corrected chi connectivity index (χ4v) is 5.14. The third-order valence-corrected chi connectivity index (χ3v) is 7.19. The average Bonchev–Trinajstić information content (AvgIpc) is 3.14. The lowest BCUT2D eigenvalue weighted by molar-refractivity contribution is -0.384. The Kier molecular flexibility index (Phi) is 6.18. The van der Waals surface area contributed by atoms with Crippen molar-refractivity contribution in [1.29, 1.82) is 0 Å². The van der Waals surface area contributed by atoms with Gasteiger partial charge in [0.1, 0.15) is 5.69 Å². The standard InChI is InChI=1S/C18H25N5O5S/c1-4-22(5-2)29(26,27)15-8-9-16(17(11-15)23(24)25)21-10-6-7-14(12-21)18-19-13(3)20-28-18/h8-9,11,14H,4-7,10,12H2,1-3H3. The molecule has 29 heavy (non-hydrogen) atoms. The molecule has 10 nitrogen and oxygen atoms in total. The van der Waals surface area contributed by atoms with Gasteiger partial charge in [-0.2, -0.15) is 9.29 Å². The summed E-state index contributed by atoms with van der Waals surface area (Å²) in [5, 5.41) is 15.6. The van der Waals surface area contributed by atoms with Gasteiger partial charge in [-0.3, -0.25) is 10.1 Å². The van der Waals surface area contributed by atoms with Crippen molar-refractivity contribution in [2.45, 2.75) is 44.4 Å². The van der Waals surface area contributed by atoms with E-state index in [1.807, 2.05) is 4.90 Å². The summed E-state index contributed by atoms with van der Waals surface area (Å²) in [6.07, 6.45) is 1.66. The summed E-state index contributed by atoms with van der Waals surface area (Å²) in [6, 6.07) is 4.12. The molecule has 11 heteroatoms. The van der Waals surface area contributed by atoms with Crippen LogP contribution in [0.4, 0.5) is 11.4 Å². The highest BCUT2D eigenvalue weighted by Crippen LogP contribution is 2.36. The van der Waals surface area contributed by atoms with Crippen LogP contribution in [0.2, 0.25) is 0 Å². The Bertz CT molecular complexity index is 986. The van der Waals surface area contributed by atoms with Crippen LogP contribution in [0.1, 0.15) is 44.3 Å². The highest BCUT2D eigenvalue weighted by molar-refractivity contribution is 7.89. The smallest absolute Gasteiger partial charge is 0.293 e. The van der Waals surface area contributed by atoms with E-state index in [2.05, 4.69) is 10.1 Å². The van der Waals surface area contributed by atoms with Crippen LogP contribution in [0.5, 0.6) is 0 Å². The summed E-state index contributed by atoms with van der Waals surface area (Å²) in [6.45, 7) is 6.93. The third-order valence-electron chi connectivity index (χ3n) is 5.14. The van der Waals surface area contributed by atoms with Gasteiger partial charge in [-0.15, -0.1) is 0 Å². The van der Waals surface area contributed by atoms with Crippen molar-refractivity contribution in [3.05, 3.63) is 40.0 Å². The summed E-state index contributed by atoms with van der Waals surface area (Å²) in [5.41, 5.74) is 0.176. The minimum Gasteiger partial charge on any atom is -0.365 e. The van der Waals surface area contributed by atoms with E-state index in [4.69, 9.17) is 4.52 Å². The van der Waals surface area contributed by atoms with Crippen LogP contribution in [0, 0.1) is 17.0 Å². The second-order valence-corrected chi connectivity index (χ2v) is 8.90. The Labute approximate surface area is 169 Å². The van der Waals surface area contributed by atoms with Crippen LogP contribution in [0.3, 0.4) is 0 Å². The van der Waals surface area contributed by atoms with E-state index >= 15 is 0 Å². The molecule has 0 spiro atoms. The first-order chi connectivity index (χ1) is 13.8. The molecule has 1 aromatic carbocycles. The summed E-state index contributed by atoms with van der Waals surface area (Å²) in [4.78, 5) is 17.3. The number of nitrogens with zero attached hydrogens (tertiary/aromatic N) is 5.